The SMILES string of the molecule is COc1ccc2cc(/C=C/C(=O)OCC(=O)Nc3cccnc3Cl)ccc2c1. The maximum atomic E-state index is 11.8. The van der Waals surface area contributed by atoms with Crippen LogP contribution in [0.4, 0.5) is 5.69 Å². The van der Waals surface area contributed by atoms with Crippen LogP contribution >= 0.6 is 11.6 Å². The third kappa shape index (κ3) is 5.08. The lowest BCUT2D eigenvalue weighted by molar-refractivity contribution is -0.142. The van der Waals surface area contributed by atoms with E-state index in [1.165, 1.54) is 12.3 Å². The van der Waals surface area contributed by atoms with E-state index >= 15 is 0 Å². The quantitative estimate of drug-likeness (QED) is 0.385. The molecule has 7 heteroatoms. The van der Waals surface area contributed by atoms with Gasteiger partial charge in [0.1, 0.15) is 5.75 Å². The zero-order valence-corrected chi connectivity index (χ0v) is 15.8. The molecule has 0 fully saturated rings. The van der Waals surface area contributed by atoms with Crippen molar-refractivity contribution in [3.63, 3.8) is 0 Å². The number of rotatable bonds is 6. The first-order valence-electron chi connectivity index (χ1n) is 8.38. The van der Waals surface area contributed by atoms with Crippen LogP contribution in [-0.2, 0) is 14.3 Å². The number of ether oxygens (including phenoxy) is 2. The summed E-state index contributed by atoms with van der Waals surface area (Å²) < 4.78 is 10.1. The second-order valence-electron chi connectivity index (χ2n) is 5.80. The summed E-state index contributed by atoms with van der Waals surface area (Å²) in [5, 5.41) is 4.74. The van der Waals surface area contributed by atoms with Crippen molar-refractivity contribution in [3.05, 3.63) is 71.5 Å². The molecule has 28 heavy (non-hydrogen) atoms. The van der Waals surface area contributed by atoms with Gasteiger partial charge in [-0.25, -0.2) is 9.78 Å². The minimum Gasteiger partial charge on any atom is -0.497 e. The molecule has 0 aliphatic carbocycles. The molecule has 1 aromatic heterocycles. The fourth-order valence-corrected chi connectivity index (χ4v) is 2.65. The third-order valence-corrected chi connectivity index (χ3v) is 4.16. The Bertz CT molecular complexity index is 1050. The molecule has 2 aromatic carbocycles. The van der Waals surface area contributed by atoms with Gasteiger partial charge in [-0.1, -0.05) is 29.8 Å². The van der Waals surface area contributed by atoms with E-state index in [-0.39, 0.29) is 5.15 Å². The van der Waals surface area contributed by atoms with E-state index in [0.29, 0.717) is 5.69 Å². The Morgan fingerprint density at radius 2 is 1.93 bits per heavy atom. The van der Waals surface area contributed by atoms with Gasteiger partial charge in [-0.05, 0) is 52.7 Å². The van der Waals surface area contributed by atoms with Crippen molar-refractivity contribution in [2.45, 2.75) is 0 Å². The molecule has 0 atom stereocenters. The van der Waals surface area contributed by atoms with Crippen LogP contribution in [0.15, 0.2) is 60.8 Å². The van der Waals surface area contributed by atoms with Gasteiger partial charge >= 0.3 is 5.97 Å². The molecule has 0 spiro atoms. The number of anilines is 1. The molecule has 0 bridgehead atoms. The lowest BCUT2D eigenvalue weighted by Gasteiger charge is -2.06. The predicted molar refractivity (Wildman–Crippen MR) is 108 cm³/mol. The van der Waals surface area contributed by atoms with Crippen LogP contribution in [0.5, 0.6) is 5.75 Å². The number of nitrogens with zero attached hydrogens (tertiary/aromatic N) is 1. The molecule has 3 rings (SSSR count). The minimum atomic E-state index is -0.623. The summed E-state index contributed by atoms with van der Waals surface area (Å²) in [5.41, 5.74) is 1.19. The summed E-state index contributed by atoms with van der Waals surface area (Å²) in [7, 11) is 1.62. The maximum Gasteiger partial charge on any atom is 0.331 e. The number of esters is 1. The highest BCUT2D eigenvalue weighted by atomic mass is 35.5. The van der Waals surface area contributed by atoms with Crippen molar-refractivity contribution in [2.24, 2.45) is 0 Å². The molecule has 0 unspecified atom stereocenters. The molecule has 1 heterocycles. The number of benzene rings is 2. The van der Waals surface area contributed by atoms with E-state index in [4.69, 9.17) is 21.1 Å². The van der Waals surface area contributed by atoms with E-state index in [0.717, 1.165) is 22.1 Å². The molecule has 1 amide bonds. The van der Waals surface area contributed by atoms with Gasteiger partial charge in [0.15, 0.2) is 11.8 Å². The summed E-state index contributed by atoms with van der Waals surface area (Å²) in [6.07, 6.45) is 4.41. The molecule has 1 N–H and O–H groups in total. The topological polar surface area (TPSA) is 77.5 Å². The van der Waals surface area contributed by atoms with E-state index in [1.54, 1.807) is 25.3 Å². The van der Waals surface area contributed by atoms with E-state index in [1.807, 2.05) is 36.4 Å². The molecule has 0 aliphatic rings. The number of aromatic nitrogens is 1. The lowest BCUT2D eigenvalue weighted by Crippen LogP contribution is -2.20. The molecular weight excluding hydrogens is 380 g/mol. The van der Waals surface area contributed by atoms with Crippen molar-refractivity contribution < 1.29 is 19.1 Å². The van der Waals surface area contributed by atoms with Crippen LogP contribution in [-0.4, -0.2) is 30.6 Å². The fourth-order valence-electron chi connectivity index (χ4n) is 2.49. The zero-order valence-electron chi connectivity index (χ0n) is 15.0. The Morgan fingerprint density at radius 1 is 1.14 bits per heavy atom. The number of halogens is 1. The number of methoxy groups -OCH3 is 1. The minimum absolute atomic E-state index is 0.163. The number of pyridine rings is 1. The second kappa shape index (κ2) is 9.01. The summed E-state index contributed by atoms with van der Waals surface area (Å²) in [6.45, 7) is -0.425. The molecule has 6 nitrogen and oxygen atoms in total. The van der Waals surface area contributed by atoms with E-state index < -0.39 is 18.5 Å². The highest BCUT2D eigenvalue weighted by molar-refractivity contribution is 6.32. The number of amides is 1. The fraction of sp³-hybridized carbons (Fsp3) is 0.0952. The first-order valence-corrected chi connectivity index (χ1v) is 8.76. The van der Waals surface area contributed by atoms with Crippen molar-refractivity contribution in [1.82, 2.24) is 4.98 Å². The Hall–Kier alpha value is -3.38. The van der Waals surface area contributed by atoms with Crippen molar-refractivity contribution >= 4 is 46.0 Å². The molecular formula is C21H17ClN2O4. The molecule has 0 saturated heterocycles. The van der Waals surface area contributed by atoms with E-state index in [9.17, 15) is 9.59 Å². The van der Waals surface area contributed by atoms with Gasteiger partial charge < -0.3 is 14.8 Å². The Balaban J connectivity index is 1.55. The highest BCUT2D eigenvalue weighted by Gasteiger charge is 2.08. The van der Waals surface area contributed by atoms with Crippen LogP contribution in [0.1, 0.15) is 5.56 Å². The summed E-state index contributed by atoms with van der Waals surface area (Å²) in [5.74, 6) is -0.344. The first-order chi connectivity index (χ1) is 13.5. The largest absolute Gasteiger partial charge is 0.497 e. The van der Waals surface area contributed by atoms with Crippen molar-refractivity contribution in [2.75, 3.05) is 19.0 Å². The molecule has 0 radical (unpaired) electrons. The van der Waals surface area contributed by atoms with Crippen LogP contribution in [0, 0.1) is 0 Å². The van der Waals surface area contributed by atoms with Gasteiger partial charge in [0, 0.05) is 12.3 Å². The molecule has 0 saturated carbocycles. The number of carbonyl (C=O) groups excluding carboxylic acids is 2. The number of nitrogens with one attached hydrogen (secondary N) is 1. The van der Waals surface area contributed by atoms with Crippen LogP contribution < -0.4 is 10.1 Å². The number of fused-ring (bicyclic) bond motifs is 1. The maximum absolute atomic E-state index is 11.8. The first kappa shape index (κ1) is 19.4. The smallest absolute Gasteiger partial charge is 0.331 e. The normalized spacial score (nSPS) is 10.8. The Kier molecular flexibility index (Phi) is 6.24. The summed E-state index contributed by atoms with van der Waals surface area (Å²) in [4.78, 5) is 27.5. The number of hydrogen-bond donors (Lipinski definition) is 1. The number of carbonyl (C=O) groups is 2. The predicted octanol–water partition coefficient (Wildman–Crippen LogP) is 4.09. The molecule has 142 valence electrons. The van der Waals surface area contributed by atoms with Crippen molar-refractivity contribution in [3.8, 4) is 5.75 Å². The summed E-state index contributed by atoms with van der Waals surface area (Å²) >= 11 is 5.86. The van der Waals surface area contributed by atoms with Gasteiger partial charge in [0.2, 0.25) is 0 Å². The van der Waals surface area contributed by atoms with E-state index in [2.05, 4.69) is 10.3 Å². The summed E-state index contributed by atoms with van der Waals surface area (Å²) in [6, 6.07) is 14.7. The zero-order chi connectivity index (χ0) is 19.9. The Labute approximate surface area is 166 Å². The lowest BCUT2D eigenvalue weighted by atomic mass is 10.1. The average molecular weight is 397 g/mol. The van der Waals surface area contributed by atoms with Crippen molar-refractivity contribution in [1.29, 1.82) is 0 Å². The van der Waals surface area contributed by atoms with Gasteiger partial charge in [0.25, 0.3) is 5.91 Å². The van der Waals surface area contributed by atoms with Crippen LogP contribution in [0.3, 0.4) is 0 Å². The third-order valence-electron chi connectivity index (χ3n) is 3.86. The molecule has 0 aliphatic heterocycles. The second-order valence-corrected chi connectivity index (χ2v) is 6.16. The Morgan fingerprint density at radius 3 is 2.71 bits per heavy atom. The monoisotopic (exact) mass is 396 g/mol. The van der Waals surface area contributed by atoms with Crippen LogP contribution in [0.25, 0.3) is 16.8 Å². The average Bonchev–Trinajstić information content (AvgIpc) is 2.72. The van der Waals surface area contributed by atoms with Crippen LogP contribution in [0.2, 0.25) is 5.15 Å². The highest BCUT2D eigenvalue weighted by Crippen LogP contribution is 2.22. The van der Waals surface area contributed by atoms with Gasteiger partial charge in [-0.2, -0.15) is 0 Å². The van der Waals surface area contributed by atoms with Gasteiger partial charge in [0.05, 0.1) is 12.8 Å². The standard InChI is InChI=1S/C21H17ClN2O4/c1-27-17-8-7-15-11-14(4-6-16(15)12-17)5-9-20(26)28-13-19(25)24-18-3-2-10-23-21(18)22/h2-12H,13H2,1H3,(H,24,25)/b9-5+. The molecule has 3 aromatic rings. The van der Waals surface area contributed by atoms with Gasteiger partial charge in [-0.3, -0.25) is 4.79 Å². The number of hydrogen-bond acceptors (Lipinski definition) is 5. The van der Waals surface area contributed by atoms with Gasteiger partial charge in [-0.15, -0.1) is 0 Å².